The summed E-state index contributed by atoms with van der Waals surface area (Å²) in [5, 5.41) is 0. The number of allylic oxidation sites excluding steroid dienone is 3. The average Bonchev–Trinajstić information content (AvgIpc) is 2.76. The molecule has 2 aliphatic heterocycles. The first-order valence-electron chi connectivity index (χ1n) is 13.3. The molecule has 0 saturated carbocycles. The maximum atomic E-state index is 14.0. The zero-order valence-electron chi connectivity index (χ0n) is 24.0. The molecule has 0 bridgehead atoms. The lowest BCUT2D eigenvalue weighted by Gasteiger charge is -2.44. The van der Waals surface area contributed by atoms with Gasteiger partial charge in [-0.05, 0) is 75.4 Å². The van der Waals surface area contributed by atoms with Crippen molar-refractivity contribution in [1.29, 1.82) is 0 Å². The number of nitrogens with zero attached hydrogens (tertiary/aromatic N) is 4. The van der Waals surface area contributed by atoms with Crippen LogP contribution in [0.3, 0.4) is 0 Å². The van der Waals surface area contributed by atoms with Crippen LogP contribution in [0.4, 0.5) is 0 Å². The van der Waals surface area contributed by atoms with E-state index in [1.165, 1.54) is 11.1 Å². The van der Waals surface area contributed by atoms with Gasteiger partial charge < -0.3 is 9.47 Å². The third-order valence-corrected chi connectivity index (χ3v) is 10.1. The molecule has 2 aliphatic rings. The molecule has 2 saturated heterocycles. The highest BCUT2D eigenvalue weighted by Crippen LogP contribution is 2.51. The van der Waals surface area contributed by atoms with Crippen LogP contribution in [0, 0.1) is 0 Å². The number of piperazine rings is 1. The van der Waals surface area contributed by atoms with Crippen LogP contribution in [0.2, 0.25) is 0 Å². The van der Waals surface area contributed by atoms with Gasteiger partial charge in [-0.15, -0.1) is 0 Å². The van der Waals surface area contributed by atoms with E-state index in [0.29, 0.717) is 6.61 Å². The van der Waals surface area contributed by atoms with Gasteiger partial charge in [0.05, 0.1) is 18.8 Å². The van der Waals surface area contributed by atoms with Crippen molar-refractivity contribution in [2.75, 3.05) is 72.9 Å². The lowest BCUT2D eigenvalue weighted by Crippen LogP contribution is -2.55. The minimum atomic E-state index is -2.76. The number of hydrogen-bond donors (Lipinski definition) is 0. The maximum Gasteiger partial charge on any atom is 0.241 e. The Kier molecular flexibility index (Phi) is 12.1. The van der Waals surface area contributed by atoms with Gasteiger partial charge in [-0.3, -0.25) is 14.4 Å². The van der Waals surface area contributed by atoms with Gasteiger partial charge in [-0.25, -0.2) is 9.34 Å². The summed E-state index contributed by atoms with van der Waals surface area (Å²) in [5.41, 5.74) is 2.94. The largest absolute Gasteiger partial charge is 0.370 e. The minimum absolute atomic E-state index is 0.0113. The molecular weight excluding hydrogens is 459 g/mol. The summed E-state index contributed by atoms with van der Waals surface area (Å²) in [5.74, 6) is 0. The van der Waals surface area contributed by atoms with Crippen molar-refractivity contribution < 1.29 is 14.0 Å². The Bertz CT molecular complexity index is 750. The molecule has 35 heavy (non-hydrogen) atoms. The van der Waals surface area contributed by atoms with Crippen LogP contribution in [0.25, 0.3) is 0 Å². The average molecular weight is 513 g/mol. The van der Waals surface area contributed by atoms with Crippen LogP contribution < -0.4 is 0 Å². The van der Waals surface area contributed by atoms with Crippen LogP contribution in [-0.4, -0.2) is 110 Å². The van der Waals surface area contributed by atoms with Crippen molar-refractivity contribution in [1.82, 2.24) is 19.1 Å². The van der Waals surface area contributed by atoms with Gasteiger partial charge in [0.15, 0.2) is 0 Å². The van der Waals surface area contributed by atoms with Gasteiger partial charge in [-0.1, -0.05) is 23.3 Å². The number of ether oxygens (including phenoxy) is 2. The fourth-order valence-electron chi connectivity index (χ4n) is 4.65. The van der Waals surface area contributed by atoms with Crippen LogP contribution in [-0.2, 0) is 14.0 Å². The van der Waals surface area contributed by atoms with Crippen LogP contribution in [0.15, 0.2) is 23.3 Å². The van der Waals surface area contributed by atoms with Gasteiger partial charge in [0.1, 0.15) is 6.35 Å². The van der Waals surface area contributed by atoms with E-state index in [-0.39, 0.29) is 24.1 Å². The van der Waals surface area contributed by atoms with E-state index in [9.17, 15) is 4.57 Å². The zero-order chi connectivity index (χ0) is 26.2. The molecule has 0 spiro atoms. The summed E-state index contributed by atoms with van der Waals surface area (Å²) in [4.78, 5) is 4.91. The molecule has 0 aromatic carbocycles. The van der Waals surface area contributed by atoms with E-state index in [1.807, 2.05) is 18.8 Å². The Labute approximate surface area is 216 Å². The number of hydrogen-bond acceptors (Lipinski definition) is 5. The summed E-state index contributed by atoms with van der Waals surface area (Å²) in [6, 6.07) is 0. The lowest BCUT2D eigenvalue weighted by atomic mass is 10.0. The van der Waals surface area contributed by atoms with E-state index in [2.05, 4.69) is 75.1 Å². The van der Waals surface area contributed by atoms with Crippen molar-refractivity contribution in [3.8, 4) is 0 Å². The highest BCUT2D eigenvalue weighted by atomic mass is 31.2. The van der Waals surface area contributed by atoms with E-state index in [1.54, 1.807) is 0 Å². The van der Waals surface area contributed by atoms with Gasteiger partial charge >= 0.3 is 0 Å². The number of morpholine rings is 1. The van der Waals surface area contributed by atoms with Gasteiger partial charge in [0.2, 0.25) is 7.44 Å². The van der Waals surface area contributed by atoms with E-state index < -0.39 is 7.44 Å². The van der Waals surface area contributed by atoms with E-state index >= 15 is 0 Å². The minimum Gasteiger partial charge on any atom is -0.370 e. The lowest BCUT2D eigenvalue weighted by molar-refractivity contribution is -0.122. The Balaban J connectivity index is 1.83. The van der Waals surface area contributed by atoms with Gasteiger partial charge in [-0.2, -0.15) is 0 Å². The van der Waals surface area contributed by atoms with Gasteiger partial charge in [0.25, 0.3) is 0 Å². The third-order valence-electron chi connectivity index (χ3n) is 7.04. The standard InChI is InChI=1S/C27H53N4O3P/c1-23(2)11-10-12-24(3)13-14-29-15-17-31(18-16-29)35(32,28(8)9)22-33-21-26-20-30(27(5,6)7)19-25(4)34-26/h11,13,25-26H,10,12,14-22H2,1-9H3/b24-13+. The van der Waals surface area contributed by atoms with Crippen molar-refractivity contribution >= 4 is 7.44 Å². The molecule has 0 aromatic rings. The van der Waals surface area contributed by atoms with E-state index in [0.717, 1.165) is 58.7 Å². The zero-order valence-corrected chi connectivity index (χ0v) is 24.9. The van der Waals surface area contributed by atoms with Crippen LogP contribution in [0.5, 0.6) is 0 Å². The second-order valence-electron chi connectivity index (χ2n) is 11.8. The molecule has 0 N–H and O–H groups in total. The smallest absolute Gasteiger partial charge is 0.241 e. The highest BCUT2D eigenvalue weighted by Gasteiger charge is 2.37. The Morgan fingerprint density at radius 3 is 2.31 bits per heavy atom. The first-order valence-corrected chi connectivity index (χ1v) is 15.1. The first-order chi connectivity index (χ1) is 16.3. The number of rotatable bonds is 11. The fourth-order valence-corrected chi connectivity index (χ4v) is 6.69. The summed E-state index contributed by atoms with van der Waals surface area (Å²) < 4.78 is 30.2. The predicted molar refractivity (Wildman–Crippen MR) is 148 cm³/mol. The topological polar surface area (TPSA) is 48.5 Å². The first kappa shape index (κ1) is 30.7. The van der Waals surface area contributed by atoms with Gasteiger partial charge in [0, 0.05) is 51.4 Å². The normalized spacial score (nSPS) is 25.6. The molecule has 0 aliphatic carbocycles. The Morgan fingerprint density at radius 2 is 1.74 bits per heavy atom. The molecule has 3 unspecified atom stereocenters. The molecule has 204 valence electrons. The Hall–Kier alpha value is -0.530. The third kappa shape index (κ3) is 10.0. The van der Waals surface area contributed by atoms with Crippen molar-refractivity contribution in [2.45, 2.75) is 79.1 Å². The SMILES string of the molecule is CC(C)=CCC/C(C)=C/CN1CCN(P(=O)(COCC2CN(C(C)(C)C)CC(C)O2)N(C)C)CC1. The molecule has 0 radical (unpaired) electrons. The molecule has 2 heterocycles. The van der Waals surface area contributed by atoms with Crippen molar-refractivity contribution in [3.63, 3.8) is 0 Å². The molecular formula is C27H53N4O3P. The molecule has 2 fully saturated rings. The second-order valence-corrected chi connectivity index (χ2v) is 14.7. The summed E-state index contributed by atoms with van der Waals surface area (Å²) in [7, 11) is 1.07. The summed E-state index contributed by atoms with van der Waals surface area (Å²) in [6.07, 6.45) is 7.33. The molecule has 7 nitrogen and oxygen atoms in total. The van der Waals surface area contributed by atoms with Crippen molar-refractivity contribution in [3.05, 3.63) is 23.3 Å². The van der Waals surface area contributed by atoms with Crippen molar-refractivity contribution in [2.24, 2.45) is 0 Å². The van der Waals surface area contributed by atoms with E-state index in [4.69, 9.17) is 9.47 Å². The highest BCUT2D eigenvalue weighted by molar-refractivity contribution is 7.58. The molecule has 0 amide bonds. The quantitative estimate of drug-likeness (QED) is 0.288. The summed E-state index contributed by atoms with van der Waals surface area (Å²) >= 11 is 0. The fraction of sp³-hybridized carbons (Fsp3) is 0.852. The second kappa shape index (κ2) is 13.9. The predicted octanol–water partition coefficient (Wildman–Crippen LogP) is 4.91. The molecule has 0 aromatic heterocycles. The van der Waals surface area contributed by atoms with Crippen LogP contribution in [0.1, 0.15) is 61.3 Å². The molecule has 8 heteroatoms. The molecule has 2 rings (SSSR count). The van der Waals surface area contributed by atoms with Crippen LogP contribution >= 0.6 is 7.44 Å². The monoisotopic (exact) mass is 512 g/mol. The summed E-state index contributed by atoms with van der Waals surface area (Å²) in [6.45, 7) is 22.1. The maximum absolute atomic E-state index is 14.0. The molecule has 3 atom stereocenters. The Morgan fingerprint density at radius 1 is 1.09 bits per heavy atom.